The first kappa shape index (κ1) is 13.5. The lowest BCUT2D eigenvalue weighted by Crippen LogP contribution is -2.36. The standard InChI is InChI=1S/C14H18N4S/c1-11(13-6-4-3-5-7-13)17-14(19)15-8-12-9-16-18(2)10-12/h3-7,9-11H,8H2,1-2H3,(H2,15,17,19). The summed E-state index contributed by atoms with van der Waals surface area (Å²) in [6.45, 7) is 2.77. The van der Waals surface area contributed by atoms with Crippen molar-refractivity contribution < 1.29 is 0 Å². The summed E-state index contributed by atoms with van der Waals surface area (Å²) in [6.07, 6.45) is 3.80. The van der Waals surface area contributed by atoms with E-state index in [2.05, 4.69) is 34.8 Å². The Labute approximate surface area is 118 Å². The number of hydrogen-bond donors (Lipinski definition) is 2. The van der Waals surface area contributed by atoms with Gasteiger partial charge in [0.2, 0.25) is 0 Å². The lowest BCUT2D eigenvalue weighted by molar-refractivity contribution is 0.697. The highest BCUT2D eigenvalue weighted by molar-refractivity contribution is 7.80. The normalized spacial score (nSPS) is 11.9. The van der Waals surface area contributed by atoms with Crippen molar-refractivity contribution in [2.45, 2.75) is 19.5 Å². The molecule has 0 spiro atoms. The molecule has 100 valence electrons. The summed E-state index contributed by atoms with van der Waals surface area (Å²) in [5.41, 5.74) is 2.33. The number of thiocarbonyl (C=S) groups is 1. The molecule has 0 aliphatic carbocycles. The summed E-state index contributed by atoms with van der Waals surface area (Å²) in [4.78, 5) is 0. The van der Waals surface area contributed by atoms with Gasteiger partial charge in [-0.05, 0) is 24.7 Å². The first-order chi connectivity index (χ1) is 9.15. The second-order valence-electron chi connectivity index (χ2n) is 4.48. The summed E-state index contributed by atoms with van der Waals surface area (Å²) in [5.74, 6) is 0. The number of nitrogens with one attached hydrogen (secondary N) is 2. The summed E-state index contributed by atoms with van der Waals surface area (Å²) >= 11 is 5.29. The van der Waals surface area contributed by atoms with E-state index in [0.29, 0.717) is 11.7 Å². The van der Waals surface area contributed by atoms with Gasteiger partial charge in [0.15, 0.2) is 5.11 Å². The molecule has 1 aromatic carbocycles. The van der Waals surface area contributed by atoms with Crippen LogP contribution in [0.4, 0.5) is 0 Å². The van der Waals surface area contributed by atoms with Crippen molar-refractivity contribution in [2.24, 2.45) is 7.05 Å². The Balaban J connectivity index is 1.81. The van der Waals surface area contributed by atoms with Gasteiger partial charge in [0.05, 0.1) is 12.2 Å². The smallest absolute Gasteiger partial charge is 0.167 e. The molecule has 0 amide bonds. The lowest BCUT2D eigenvalue weighted by Gasteiger charge is -2.17. The third kappa shape index (κ3) is 4.06. The zero-order valence-electron chi connectivity index (χ0n) is 11.1. The molecule has 1 atom stereocenters. The third-order valence-electron chi connectivity index (χ3n) is 2.86. The molecular formula is C14H18N4S. The second-order valence-corrected chi connectivity index (χ2v) is 4.89. The maximum Gasteiger partial charge on any atom is 0.167 e. The van der Waals surface area contributed by atoms with Crippen molar-refractivity contribution in [3.8, 4) is 0 Å². The highest BCUT2D eigenvalue weighted by atomic mass is 32.1. The van der Waals surface area contributed by atoms with Crippen molar-refractivity contribution in [1.82, 2.24) is 20.4 Å². The first-order valence-corrected chi connectivity index (χ1v) is 6.63. The Bertz CT molecular complexity index is 535. The molecule has 4 nitrogen and oxygen atoms in total. The molecule has 1 aromatic heterocycles. The molecule has 0 radical (unpaired) electrons. The molecule has 2 rings (SSSR count). The summed E-state index contributed by atoms with van der Waals surface area (Å²) in [6, 6.07) is 10.4. The van der Waals surface area contributed by atoms with Crippen molar-refractivity contribution in [1.29, 1.82) is 0 Å². The fraction of sp³-hybridized carbons (Fsp3) is 0.286. The molecule has 0 aliphatic heterocycles. The molecule has 0 bridgehead atoms. The van der Waals surface area contributed by atoms with Crippen LogP contribution in [0.3, 0.4) is 0 Å². The minimum atomic E-state index is 0.190. The van der Waals surface area contributed by atoms with Crippen molar-refractivity contribution >= 4 is 17.3 Å². The maximum atomic E-state index is 5.29. The van der Waals surface area contributed by atoms with E-state index in [1.807, 2.05) is 37.6 Å². The zero-order chi connectivity index (χ0) is 13.7. The summed E-state index contributed by atoms with van der Waals surface area (Å²) < 4.78 is 1.78. The average molecular weight is 274 g/mol. The number of hydrogen-bond acceptors (Lipinski definition) is 2. The van der Waals surface area contributed by atoms with Crippen molar-refractivity contribution in [2.75, 3.05) is 0 Å². The highest BCUT2D eigenvalue weighted by Crippen LogP contribution is 2.10. The van der Waals surface area contributed by atoms with Gasteiger partial charge in [0.1, 0.15) is 0 Å². The van der Waals surface area contributed by atoms with Gasteiger partial charge in [0.25, 0.3) is 0 Å². The van der Waals surface area contributed by atoms with E-state index in [9.17, 15) is 0 Å². The SMILES string of the molecule is CC(NC(=S)NCc1cnn(C)c1)c1ccccc1. The minimum Gasteiger partial charge on any atom is -0.359 e. The van der Waals surface area contributed by atoms with Gasteiger partial charge in [-0.25, -0.2) is 0 Å². The monoisotopic (exact) mass is 274 g/mol. The van der Waals surface area contributed by atoms with E-state index >= 15 is 0 Å². The molecule has 0 fully saturated rings. The number of benzene rings is 1. The Hall–Kier alpha value is -1.88. The number of rotatable bonds is 4. The number of nitrogens with zero attached hydrogens (tertiary/aromatic N) is 2. The third-order valence-corrected chi connectivity index (χ3v) is 3.12. The van der Waals surface area contributed by atoms with Gasteiger partial charge < -0.3 is 10.6 Å². The van der Waals surface area contributed by atoms with Crippen LogP contribution >= 0.6 is 12.2 Å². The highest BCUT2D eigenvalue weighted by Gasteiger charge is 2.06. The minimum absolute atomic E-state index is 0.190. The molecule has 1 unspecified atom stereocenters. The van der Waals surface area contributed by atoms with Gasteiger partial charge in [-0.15, -0.1) is 0 Å². The molecule has 2 aromatic rings. The van der Waals surface area contributed by atoms with E-state index in [0.717, 1.165) is 5.56 Å². The van der Waals surface area contributed by atoms with Gasteiger partial charge in [0, 0.05) is 25.4 Å². The van der Waals surface area contributed by atoms with Crippen LogP contribution in [0.1, 0.15) is 24.1 Å². The molecule has 0 saturated carbocycles. The van der Waals surface area contributed by atoms with E-state index in [-0.39, 0.29) is 6.04 Å². The van der Waals surface area contributed by atoms with E-state index in [1.54, 1.807) is 4.68 Å². The van der Waals surface area contributed by atoms with Crippen LogP contribution in [0.25, 0.3) is 0 Å². The fourth-order valence-electron chi connectivity index (χ4n) is 1.82. The maximum absolute atomic E-state index is 5.29. The van der Waals surface area contributed by atoms with Crippen LogP contribution in [0.2, 0.25) is 0 Å². The lowest BCUT2D eigenvalue weighted by atomic mass is 10.1. The Kier molecular flexibility index (Phi) is 4.52. The largest absolute Gasteiger partial charge is 0.359 e. The first-order valence-electron chi connectivity index (χ1n) is 6.22. The quantitative estimate of drug-likeness (QED) is 0.838. The van der Waals surface area contributed by atoms with Gasteiger partial charge in [-0.3, -0.25) is 4.68 Å². The van der Waals surface area contributed by atoms with E-state index in [1.165, 1.54) is 5.56 Å². The zero-order valence-corrected chi connectivity index (χ0v) is 11.9. The number of aryl methyl sites for hydroxylation is 1. The summed E-state index contributed by atoms with van der Waals surface area (Å²) in [7, 11) is 1.90. The molecular weight excluding hydrogens is 256 g/mol. The Morgan fingerprint density at radius 1 is 1.37 bits per heavy atom. The van der Waals surface area contributed by atoms with Gasteiger partial charge >= 0.3 is 0 Å². The van der Waals surface area contributed by atoms with Crippen LogP contribution in [-0.4, -0.2) is 14.9 Å². The molecule has 19 heavy (non-hydrogen) atoms. The van der Waals surface area contributed by atoms with Crippen molar-refractivity contribution in [3.63, 3.8) is 0 Å². The predicted molar refractivity (Wildman–Crippen MR) is 80.6 cm³/mol. The molecule has 0 aliphatic rings. The molecule has 0 saturated heterocycles. The van der Waals surface area contributed by atoms with Crippen molar-refractivity contribution in [3.05, 3.63) is 53.9 Å². The topological polar surface area (TPSA) is 41.9 Å². The van der Waals surface area contributed by atoms with Crippen LogP contribution in [0.5, 0.6) is 0 Å². The second kappa shape index (κ2) is 6.33. The fourth-order valence-corrected chi connectivity index (χ4v) is 2.07. The number of aromatic nitrogens is 2. The van der Waals surface area contributed by atoms with Gasteiger partial charge in [-0.1, -0.05) is 30.3 Å². The summed E-state index contributed by atoms with van der Waals surface area (Å²) in [5, 5.41) is 11.2. The van der Waals surface area contributed by atoms with Gasteiger partial charge in [-0.2, -0.15) is 5.10 Å². The Morgan fingerprint density at radius 3 is 2.74 bits per heavy atom. The van der Waals surface area contributed by atoms with E-state index in [4.69, 9.17) is 12.2 Å². The Morgan fingerprint density at radius 2 is 2.11 bits per heavy atom. The predicted octanol–water partition coefficient (Wildman–Crippen LogP) is 2.15. The van der Waals surface area contributed by atoms with Crippen LogP contribution in [0, 0.1) is 0 Å². The van der Waals surface area contributed by atoms with Crippen LogP contribution in [0.15, 0.2) is 42.7 Å². The van der Waals surface area contributed by atoms with E-state index < -0.39 is 0 Å². The molecule has 2 N–H and O–H groups in total. The molecule has 5 heteroatoms. The van der Waals surface area contributed by atoms with Crippen LogP contribution < -0.4 is 10.6 Å². The average Bonchev–Trinajstić information content (AvgIpc) is 2.83. The molecule has 1 heterocycles. The van der Waals surface area contributed by atoms with Crippen LogP contribution in [-0.2, 0) is 13.6 Å².